The van der Waals surface area contributed by atoms with Crippen molar-refractivity contribution in [1.82, 2.24) is 0 Å². The summed E-state index contributed by atoms with van der Waals surface area (Å²) in [6.45, 7) is 1.88. The summed E-state index contributed by atoms with van der Waals surface area (Å²) in [6.07, 6.45) is 1.46. The molecule has 0 bridgehead atoms. The van der Waals surface area contributed by atoms with E-state index in [0.29, 0.717) is 21.8 Å². The summed E-state index contributed by atoms with van der Waals surface area (Å²) in [5, 5.41) is 3.61. The fourth-order valence-electron chi connectivity index (χ4n) is 3.16. The highest BCUT2D eigenvalue weighted by Gasteiger charge is 2.26. The Kier molecular flexibility index (Phi) is 5.83. The Labute approximate surface area is 193 Å². The summed E-state index contributed by atoms with van der Waals surface area (Å²) in [7, 11) is -3.99. The van der Waals surface area contributed by atoms with Crippen LogP contribution in [0.3, 0.4) is 0 Å². The van der Waals surface area contributed by atoms with Gasteiger partial charge in [-0.1, -0.05) is 57.9 Å². The number of benzene rings is 3. The van der Waals surface area contributed by atoms with Crippen LogP contribution in [0.25, 0.3) is 0 Å². The van der Waals surface area contributed by atoms with Crippen molar-refractivity contribution < 1.29 is 13.2 Å². The molecule has 0 aromatic heterocycles. The summed E-state index contributed by atoms with van der Waals surface area (Å²) >= 11 is 9.39. The zero-order valence-electron chi connectivity index (χ0n) is 16.3. The molecule has 8 heteroatoms. The van der Waals surface area contributed by atoms with Gasteiger partial charge in [-0.2, -0.15) is 12.8 Å². The summed E-state index contributed by atoms with van der Waals surface area (Å²) < 4.78 is 30.6. The number of anilines is 1. The molecule has 0 aliphatic heterocycles. The van der Waals surface area contributed by atoms with Crippen LogP contribution in [0.15, 0.2) is 92.3 Å². The normalized spacial score (nSPS) is 14.9. The second kappa shape index (κ2) is 8.42. The van der Waals surface area contributed by atoms with Crippen LogP contribution in [0.4, 0.5) is 5.69 Å². The van der Waals surface area contributed by atoms with Gasteiger partial charge in [-0.15, -0.1) is 0 Å². The third kappa shape index (κ3) is 4.49. The fraction of sp³-hybridized carbons (Fsp3) is 0.0435. The number of allylic oxidation sites excluding steroid dienone is 2. The van der Waals surface area contributed by atoms with Gasteiger partial charge in [0, 0.05) is 26.3 Å². The monoisotopic (exact) mass is 514 g/mol. The zero-order chi connectivity index (χ0) is 22.2. The third-order valence-corrected chi connectivity index (χ3v) is 6.84. The van der Waals surface area contributed by atoms with Crippen molar-refractivity contribution in [2.24, 2.45) is 4.40 Å². The molecule has 156 valence electrons. The number of sulfonamides is 1. The summed E-state index contributed by atoms with van der Waals surface area (Å²) in [4.78, 5) is 13.1. The number of rotatable bonds is 4. The lowest BCUT2D eigenvalue weighted by molar-refractivity contribution is 0.103. The molecule has 1 aliphatic rings. The van der Waals surface area contributed by atoms with Gasteiger partial charge in [0.2, 0.25) is 5.78 Å². The Morgan fingerprint density at radius 2 is 1.65 bits per heavy atom. The van der Waals surface area contributed by atoms with Gasteiger partial charge < -0.3 is 5.32 Å². The number of carbonyl (C=O) groups excluding carboxylic acids is 1. The van der Waals surface area contributed by atoms with Gasteiger partial charge in [-0.05, 0) is 55.0 Å². The van der Waals surface area contributed by atoms with E-state index in [1.54, 1.807) is 48.5 Å². The molecule has 0 fully saturated rings. The molecular weight excluding hydrogens is 500 g/mol. The highest BCUT2D eigenvalue weighted by molar-refractivity contribution is 9.10. The molecule has 0 unspecified atom stereocenters. The minimum atomic E-state index is -3.99. The average molecular weight is 516 g/mol. The van der Waals surface area contributed by atoms with Crippen molar-refractivity contribution in [2.75, 3.05) is 5.32 Å². The maximum absolute atomic E-state index is 13.1. The highest BCUT2D eigenvalue weighted by atomic mass is 79.9. The molecule has 0 radical (unpaired) electrons. The highest BCUT2D eigenvalue weighted by Crippen LogP contribution is 2.27. The van der Waals surface area contributed by atoms with Gasteiger partial charge in [0.1, 0.15) is 0 Å². The number of carbonyl (C=O) groups is 1. The second-order valence-electron chi connectivity index (χ2n) is 6.92. The van der Waals surface area contributed by atoms with Crippen LogP contribution in [0.2, 0.25) is 5.02 Å². The Morgan fingerprint density at radius 3 is 2.35 bits per heavy atom. The smallest absolute Gasteiger partial charge is 0.282 e. The van der Waals surface area contributed by atoms with Gasteiger partial charge in [-0.25, -0.2) is 0 Å². The number of hydrogen-bond donors (Lipinski definition) is 1. The SMILES string of the molecule is Cc1ccc(Cl)cc1NC1=C/C(=N\S(=O)(=O)c2ccc(Br)cc2)c2ccccc2C1=O. The molecule has 0 saturated heterocycles. The lowest BCUT2D eigenvalue weighted by Crippen LogP contribution is -2.23. The van der Waals surface area contributed by atoms with Crippen LogP contribution < -0.4 is 5.32 Å². The first kappa shape index (κ1) is 21.5. The Hall–Kier alpha value is -2.74. The average Bonchev–Trinajstić information content (AvgIpc) is 2.74. The van der Waals surface area contributed by atoms with Gasteiger partial charge in [-0.3, -0.25) is 4.79 Å². The fourth-order valence-corrected chi connectivity index (χ4v) is 4.59. The van der Waals surface area contributed by atoms with E-state index >= 15 is 0 Å². The summed E-state index contributed by atoms with van der Waals surface area (Å²) in [5.41, 5.74) is 2.77. The lowest BCUT2D eigenvalue weighted by atomic mass is 9.92. The molecule has 4 rings (SSSR count). The molecule has 0 saturated carbocycles. The number of fused-ring (bicyclic) bond motifs is 1. The van der Waals surface area contributed by atoms with Crippen molar-refractivity contribution in [1.29, 1.82) is 0 Å². The van der Waals surface area contributed by atoms with Gasteiger partial charge in [0.25, 0.3) is 10.0 Å². The number of ketones is 1. The molecule has 1 aliphatic carbocycles. The van der Waals surface area contributed by atoms with Crippen molar-refractivity contribution in [3.05, 3.63) is 105 Å². The van der Waals surface area contributed by atoms with Crippen molar-refractivity contribution in [2.45, 2.75) is 11.8 Å². The van der Waals surface area contributed by atoms with E-state index in [4.69, 9.17) is 11.6 Å². The molecule has 3 aromatic rings. The largest absolute Gasteiger partial charge is 0.352 e. The van der Waals surface area contributed by atoms with Gasteiger partial charge in [0.15, 0.2) is 0 Å². The standard InChI is InChI=1S/C23H16BrClN2O3S/c1-14-6-9-16(25)12-20(14)26-22-13-21(18-4-2-3-5-19(18)23(22)28)27-31(29,30)17-10-7-15(24)8-11-17/h2-13,26H,1H3/b27-21+. The van der Waals surface area contributed by atoms with Crippen LogP contribution in [0, 0.1) is 6.92 Å². The van der Waals surface area contributed by atoms with Gasteiger partial charge >= 0.3 is 0 Å². The Balaban J connectivity index is 1.83. The molecule has 0 spiro atoms. The molecular formula is C23H16BrClN2O3S. The Morgan fingerprint density at radius 1 is 0.968 bits per heavy atom. The first-order valence-electron chi connectivity index (χ1n) is 9.24. The first-order chi connectivity index (χ1) is 14.7. The minimum Gasteiger partial charge on any atom is -0.352 e. The van der Waals surface area contributed by atoms with E-state index in [9.17, 15) is 13.2 Å². The van der Waals surface area contributed by atoms with E-state index in [1.165, 1.54) is 18.2 Å². The van der Waals surface area contributed by atoms with Crippen LogP contribution in [-0.4, -0.2) is 19.9 Å². The number of nitrogens with zero attached hydrogens (tertiary/aromatic N) is 1. The molecule has 0 heterocycles. The van der Waals surface area contributed by atoms with E-state index in [0.717, 1.165) is 10.0 Å². The van der Waals surface area contributed by atoms with E-state index in [1.807, 2.05) is 13.0 Å². The van der Waals surface area contributed by atoms with Crippen LogP contribution in [0.1, 0.15) is 21.5 Å². The van der Waals surface area contributed by atoms with Crippen molar-refractivity contribution in [3.8, 4) is 0 Å². The number of halogens is 2. The number of Topliss-reactive ketones (excluding diaryl/α,β-unsaturated/α-hetero) is 1. The third-order valence-electron chi connectivity index (χ3n) is 4.77. The van der Waals surface area contributed by atoms with E-state index < -0.39 is 10.0 Å². The predicted molar refractivity (Wildman–Crippen MR) is 127 cm³/mol. The van der Waals surface area contributed by atoms with E-state index in [2.05, 4.69) is 25.6 Å². The summed E-state index contributed by atoms with van der Waals surface area (Å²) in [5.74, 6) is -0.255. The lowest BCUT2D eigenvalue weighted by Gasteiger charge is -2.19. The zero-order valence-corrected chi connectivity index (χ0v) is 19.4. The molecule has 1 N–H and O–H groups in total. The van der Waals surface area contributed by atoms with Gasteiger partial charge in [0.05, 0.1) is 16.3 Å². The first-order valence-corrected chi connectivity index (χ1v) is 11.9. The van der Waals surface area contributed by atoms with Crippen molar-refractivity contribution in [3.63, 3.8) is 0 Å². The molecule has 3 aromatic carbocycles. The maximum Gasteiger partial charge on any atom is 0.282 e. The molecule has 0 amide bonds. The van der Waals surface area contributed by atoms with Crippen LogP contribution in [0.5, 0.6) is 0 Å². The van der Waals surface area contributed by atoms with Crippen molar-refractivity contribution >= 4 is 54.7 Å². The van der Waals surface area contributed by atoms with E-state index in [-0.39, 0.29) is 22.1 Å². The topological polar surface area (TPSA) is 75.6 Å². The maximum atomic E-state index is 13.1. The molecule has 0 atom stereocenters. The molecule has 5 nitrogen and oxygen atoms in total. The number of hydrogen-bond acceptors (Lipinski definition) is 4. The predicted octanol–water partition coefficient (Wildman–Crippen LogP) is 5.78. The summed E-state index contributed by atoms with van der Waals surface area (Å²) in [6, 6.07) is 18.3. The Bertz CT molecular complexity index is 1360. The second-order valence-corrected chi connectivity index (χ2v) is 9.88. The number of aryl methyl sites for hydroxylation is 1. The number of nitrogens with one attached hydrogen (secondary N) is 1. The molecule has 31 heavy (non-hydrogen) atoms. The van der Waals surface area contributed by atoms with Crippen LogP contribution >= 0.6 is 27.5 Å². The quantitative estimate of drug-likeness (QED) is 0.478. The minimum absolute atomic E-state index is 0.0613. The van der Waals surface area contributed by atoms with Crippen LogP contribution in [-0.2, 0) is 10.0 Å².